The van der Waals surface area contributed by atoms with E-state index in [1.165, 1.54) is 11.8 Å². The molecular weight excluding hydrogens is 370 g/mol. The lowest BCUT2D eigenvalue weighted by Gasteiger charge is -2.11. The fourth-order valence-electron chi connectivity index (χ4n) is 2.74. The Morgan fingerprint density at radius 3 is 2.57 bits per heavy atom. The summed E-state index contributed by atoms with van der Waals surface area (Å²) in [4.78, 5) is 4.42. The van der Waals surface area contributed by atoms with Crippen LogP contribution in [0.4, 0.5) is 5.69 Å². The van der Waals surface area contributed by atoms with Crippen LogP contribution < -0.4 is 5.32 Å². The third-order valence-corrected chi connectivity index (χ3v) is 4.76. The molecule has 8 heteroatoms. The molecule has 3 aromatic rings. The van der Waals surface area contributed by atoms with Crippen molar-refractivity contribution in [2.24, 2.45) is 0 Å². The normalized spacial score (nSPS) is 11.2. The summed E-state index contributed by atoms with van der Waals surface area (Å²) >= 11 is 1.19. The molecule has 1 N–H and O–H groups in total. The van der Waals surface area contributed by atoms with Crippen LogP contribution in [-0.2, 0) is 0 Å². The van der Waals surface area contributed by atoms with Gasteiger partial charge in [0.05, 0.1) is 16.9 Å². The highest BCUT2D eigenvalue weighted by Gasteiger charge is 2.22. The molecule has 0 saturated carbocycles. The standard InChI is InChI=1S/C20H15N7S/c1-13-10-14(2)27-19(24-13)16(11-22)18(26-27)17(12-23)20(28-9-8-21)25-15-6-4-3-5-7-15/h3-7,10,25H,9H2,1-2H3/b20-17+. The first-order valence-corrected chi connectivity index (χ1v) is 9.31. The largest absolute Gasteiger partial charge is 0.349 e. The molecule has 0 spiro atoms. The van der Waals surface area contributed by atoms with Gasteiger partial charge >= 0.3 is 0 Å². The number of anilines is 1. The number of rotatable bonds is 5. The number of nitrogens with zero attached hydrogens (tertiary/aromatic N) is 6. The Morgan fingerprint density at radius 2 is 1.93 bits per heavy atom. The van der Waals surface area contributed by atoms with Gasteiger partial charge < -0.3 is 5.32 Å². The Morgan fingerprint density at radius 1 is 1.18 bits per heavy atom. The zero-order valence-corrected chi connectivity index (χ0v) is 16.1. The van der Waals surface area contributed by atoms with Crippen molar-refractivity contribution in [3.8, 4) is 18.2 Å². The zero-order valence-electron chi connectivity index (χ0n) is 15.3. The van der Waals surface area contributed by atoms with Gasteiger partial charge in [-0.15, -0.1) is 0 Å². The Labute approximate surface area is 166 Å². The van der Waals surface area contributed by atoms with Gasteiger partial charge in [-0.1, -0.05) is 30.0 Å². The number of thioether (sulfide) groups is 1. The highest BCUT2D eigenvalue weighted by Crippen LogP contribution is 2.30. The van der Waals surface area contributed by atoms with Gasteiger partial charge in [0.1, 0.15) is 29.0 Å². The molecule has 0 atom stereocenters. The van der Waals surface area contributed by atoms with Crippen molar-refractivity contribution in [1.82, 2.24) is 14.6 Å². The van der Waals surface area contributed by atoms with E-state index in [4.69, 9.17) is 5.26 Å². The summed E-state index contributed by atoms with van der Waals surface area (Å²) in [6.45, 7) is 3.70. The molecule has 28 heavy (non-hydrogen) atoms. The minimum absolute atomic E-state index is 0.145. The lowest BCUT2D eigenvalue weighted by atomic mass is 10.1. The number of hydrogen-bond acceptors (Lipinski definition) is 7. The fraction of sp³-hybridized carbons (Fsp3) is 0.150. The van der Waals surface area contributed by atoms with Crippen LogP contribution in [0, 0.1) is 47.8 Å². The van der Waals surface area contributed by atoms with Crippen molar-refractivity contribution in [2.75, 3.05) is 11.1 Å². The van der Waals surface area contributed by atoms with Crippen molar-refractivity contribution in [2.45, 2.75) is 13.8 Å². The van der Waals surface area contributed by atoms with Gasteiger partial charge in [0.2, 0.25) is 0 Å². The number of para-hydroxylation sites is 1. The van der Waals surface area contributed by atoms with E-state index >= 15 is 0 Å². The van der Waals surface area contributed by atoms with Crippen LogP contribution >= 0.6 is 11.8 Å². The molecule has 0 fully saturated rings. The average Bonchev–Trinajstić information content (AvgIpc) is 3.05. The number of nitrogens with one attached hydrogen (secondary N) is 1. The molecule has 0 unspecified atom stereocenters. The van der Waals surface area contributed by atoms with E-state index in [2.05, 4.69) is 33.6 Å². The van der Waals surface area contributed by atoms with Crippen LogP contribution in [0.25, 0.3) is 11.2 Å². The Bertz CT molecular complexity index is 1190. The van der Waals surface area contributed by atoms with Gasteiger partial charge in [-0.25, -0.2) is 9.50 Å². The summed E-state index contributed by atoms with van der Waals surface area (Å²) < 4.78 is 1.56. The van der Waals surface area contributed by atoms with Gasteiger partial charge in [-0.3, -0.25) is 0 Å². The van der Waals surface area contributed by atoms with Gasteiger partial charge in [-0.2, -0.15) is 20.9 Å². The first-order valence-electron chi connectivity index (χ1n) is 8.32. The van der Waals surface area contributed by atoms with Crippen molar-refractivity contribution >= 4 is 28.7 Å². The first-order chi connectivity index (χ1) is 13.6. The molecule has 0 aliphatic carbocycles. The lowest BCUT2D eigenvalue weighted by molar-refractivity contribution is 0.880. The van der Waals surface area contributed by atoms with E-state index < -0.39 is 0 Å². The van der Waals surface area contributed by atoms with Crippen molar-refractivity contribution in [3.05, 3.63) is 64.1 Å². The summed E-state index contributed by atoms with van der Waals surface area (Å²) in [6, 6.07) is 17.5. The number of benzene rings is 1. The number of aryl methyl sites for hydroxylation is 2. The monoisotopic (exact) mass is 385 g/mol. The molecule has 0 radical (unpaired) electrons. The molecule has 0 amide bonds. The van der Waals surface area contributed by atoms with Crippen LogP contribution in [0.15, 0.2) is 41.4 Å². The minimum Gasteiger partial charge on any atom is -0.349 e. The van der Waals surface area contributed by atoms with Crippen LogP contribution in [0.3, 0.4) is 0 Å². The van der Waals surface area contributed by atoms with Gasteiger partial charge in [0, 0.05) is 17.1 Å². The highest BCUT2D eigenvalue weighted by molar-refractivity contribution is 8.03. The number of aromatic nitrogens is 3. The van der Waals surface area contributed by atoms with E-state index in [1.807, 2.05) is 50.2 Å². The average molecular weight is 385 g/mol. The maximum absolute atomic E-state index is 9.87. The summed E-state index contributed by atoms with van der Waals surface area (Å²) in [7, 11) is 0. The molecule has 0 bridgehead atoms. The lowest BCUT2D eigenvalue weighted by Crippen LogP contribution is -2.02. The second-order valence-electron chi connectivity index (χ2n) is 5.86. The molecule has 7 nitrogen and oxygen atoms in total. The van der Waals surface area contributed by atoms with Crippen LogP contribution in [0.1, 0.15) is 22.6 Å². The fourth-order valence-corrected chi connectivity index (χ4v) is 3.42. The van der Waals surface area contributed by atoms with Crippen molar-refractivity contribution in [3.63, 3.8) is 0 Å². The van der Waals surface area contributed by atoms with Crippen molar-refractivity contribution in [1.29, 1.82) is 15.8 Å². The summed E-state index contributed by atoms with van der Waals surface area (Å²) in [5, 5.41) is 36.7. The SMILES string of the molecule is Cc1cc(C)n2nc(/C(C#N)=C(\Nc3ccccc3)SCC#N)c(C#N)c2n1. The third-order valence-electron chi connectivity index (χ3n) is 3.90. The van der Waals surface area contributed by atoms with E-state index in [-0.39, 0.29) is 22.6 Å². The maximum atomic E-state index is 9.87. The molecule has 0 saturated heterocycles. The number of hydrogen-bond donors (Lipinski definition) is 1. The molecule has 2 heterocycles. The maximum Gasteiger partial charge on any atom is 0.174 e. The second kappa shape index (κ2) is 8.26. The quantitative estimate of drug-likeness (QED) is 0.665. The first kappa shape index (κ1) is 19.0. The van der Waals surface area contributed by atoms with E-state index in [1.54, 1.807) is 4.52 Å². The second-order valence-corrected chi connectivity index (χ2v) is 6.85. The van der Waals surface area contributed by atoms with E-state index in [0.717, 1.165) is 17.1 Å². The Kier molecular flexibility index (Phi) is 5.60. The third kappa shape index (κ3) is 3.66. The van der Waals surface area contributed by atoms with E-state index in [9.17, 15) is 10.5 Å². The van der Waals surface area contributed by atoms with Gasteiger partial charge in [0.15, 0.2) is 5.65 Å². The molecule has 136 valence electrons. The summed E-state index contributed by atoms with van der Waals surface area (Å²) in [5.74, 6) is 0.145. The Balaban J connectivity index is 2.24. The molecule has 3 rings (SSSR count). The summed E-state index contributed by atoms with van der Waals surface area (Å²) in [5.41, 5.74) is 3.42. The highest BCUT2D eigenvalue weighted by atomic mass is 32.2. The molecule has 0 aliphatic heterocycles. The van der Waals surface area contributed by atoms with E-state index in [0.29, 0.717) is 10.7 Å². The number of allylic oxidation sites excluding steroid dienone is 1. The predicted octanol–water partition coefficient (Wildman–Crippen LogP) is 3.78. The van der Waals surface area contributed by atoms with Gasteiger partial charge in [0.25, 0.3) is 0 Å². The predicted molar refractivity (Wildman–Crippen MR) is 108 cm³/mol. The zero-order chi connectivity index (χ0) is 20.1. The molecule has 0 aliphatic rings. The van der Waals surface area contributed by atoms with Crippen LogP contribution in [0.5, 0.6) is 0 Å². The topological polar surface area (TPSA) is 114 Å². The molecule has 1 aromatic carbocycles. The smallest absolute Gasteiger partial charge is 0.174 e. The Hall–Kier alpha value is -3.80. The van der Waals surface area contributed by atoms with Crippen LogP contribution in [-0.4, -0.2) is 20.4 Å². The number of fused-ring (bicyclic) bond motifs is 1. The molecular formula is C20H15N7S. The number of nitriles is 3. The van der Waals surface area contributed by atoms with Crippen LogP contribution in [0.2, 0.25) is 0 Å². The summed E-state index contributed by atoms with van der Waals surface area (Å²) in [6.07, 6.45) is 0. The molecule has 2 aromatic heterocycles. The van der Waals surface area contributed by atoms with Gasteiger partial charge in [-0.05, 0) is 32.0 Å². The minimum atomic E-state index is 0.145. The van der Waals surface area contributed by atoms with Crippen molar-refractivity contribution < 1.29 is 0 Å².